The van der Waals surface area contributed by atoms with Crippen molar-refractivity contribution in [3.05, 3.63) is 35.1 Å². The van der Waals surface area contributed by atoms with E-state index in [1.54, 1.807) is 20.8 Å². The minimum atomic E-state index is -4.82. The number of carbonyl (C=O) groups excluding carboxylic acids is 2. The van der Waals surface area contributed by atoms with E-state index in [1.807, 2.05) is 0 Å². The van der Waals surface area contributed by atoms with Crippen LogP contribution in [0.2, 0.25) is 0 Å². The van der Waals surface area contributed by atoms with Crippen molar-refractivity contribution in [2.45, 2.75) is 45.0 Å². The minimum Gasteiger partial charge on any atom is -0.444 e. The van der Waals surface area contributed by atoms with Gasteiger partial charge >= 0.3 is 12.3 Å². The number of hydrogen-bond acceptors (Lipinski definition) is 3. The van der Waals surface area contributed by atoms with Crippen LogP contribution in [0.1, 0.15) is 38.8 Å². The number of alkyl halides is 3. The number of hydrogen-bond donors (Lipinski definition) is 0. The van der Waals surface area contributed by atoms with Crippen molar-refractivity contribution in [2.75, 3.05) is 7.05 Å². The Balaban J connectivity index is 3.46. The molecule has 8 heteroatoms. The van der Waals surface area contributed by atoms with Crippen LogP contribution in [0.15, 0.2) is 18.2 Å². The highest BCUT2D eigenvalue weighted by molar-refractivity contribution is 5.78. The third kappa shape index (κ3) is 4.24. The van der Waals surface area contributed by atoms with E-state index in [0.29, 0.717) is 18.2 Å². The maximum atomic E-state index is 13.5. The molecule has 0 saturated heterocycles. The van der Waals surface area contributed by atoms with Crippen molar-refractivity contribution in [1.29, 1.82) is 0 Å². The quantitative estimate of drug-likeness (QED) is 0.609. The minimum absolute atomic E-state index is 0.154. The van der Waals surface area contributed by atoms with Gasteiger partial charge in [0.15, 0.2) is 0 Å². The lowest BCUT2D eigenvalue weighted by atomic mass is 9.87. The Hall–Kier alpha value is -2.12. The van der Waals surface area contributed by atoms with Crippen molar-refractivity contribution >= 4 is 12.4 Å². The summed E-state index contributed by atoms with van der Waals surface area (Å²) in [5.41, 5.74) is -4.84. The summed E-state index contributed by atoms with van der Waals surface area (Å²) >= 11 is 0. The van der Waals surface area contributed by atoms with E-state index >= 15 is 0 Å². The predicted molar refractivity (Wildman–Crippen MR) is 78.8 cm³/mol. The highest BCUT2D eigenvalue weighted by Crippen LogP contribution is 2.39. The van der Waals surface area contributed by atoms with Crippen LogP contribution in [0.4, 0.5) is 22.4 Å². The molecule has 134 valence electrons. The molecule has 0 aliphatic carbocycles. The Bertz CT molecular complexity index is 637. The first-order valence-corrected chi connectivity index (χ1v) is 7.03. The van der Waals surface area contributed by atoms with Crippen LogP contribution in [0, 0.1) is 5.82 Å². The number of benzene rings is 1. The molecule has 1 atom stereocenters. The molecule has 0 aromatic heterocycles. The van der Waals surface area contributed by atoms with Crippen molar-refractivity contribution in [1.82, 2.24) is 4.90 Å². The van der Waals surface area contributed by atoms with Crippen LogP contribution < -0.4 is 0 Å². The lowest BCUT2D eigenvalue weighted by Gasteiger charge is -2.37. The molecule has 1 amide bonds. The molecule has 0 spiro atoms. The lowest BCUT2D eigenvalue weighted by molar-refractivity contribution is -0.140. The van der Waals surface area contributed by atoms with Crippen LogP contribution >= 0.6 is 0 Å². The second-order valence-corrected chi connectivity index (χ2v) is 6.49. The number of aldehydes is 1. The van der Waals surface area contributed by atoms with Crippen LogP contribution in [0.5, 0.6) is 0 Å². The monoisotopic (exact) mass is 349 g/mol. The summed E-state index contributed by atoms with van der Waals surface area (Å²) in [6, 6.07) is 1.78. The number of halogens is 4. The summed E-state index contributed by atoms with van der Waals surface area (Å²) in [5.74, 6) is -0.955. The maximum absolute atomic E-state index is 13.5. The van der Waals surface area contributed by atoms with Gasteiger partial charge in [-0.1, -0.05) is 0 Å². The number of carbonyl (C=O) groups is 2. The summed E-state index contributed by atoms with van der Waals surface area (Å²) < 4.78 is 58.2. The molecular formula is C16H19F4NO3. The molecule has 0 fully saturated rings. The Labute approximate surface area is 137 Å². The van der Waals surface area contributed by atoms with Gasteiger partial charge in [-0.2, -0.15) is 13.2 Å². The SMILES string of the molecule is CN(C(=O)OC(C)(C)C)C(C)(C=O)c1cc(F)ccc1C(F)(F)F. The maximum Gasteiger partial charge on any atom is 0.416 e. The molecule has 1 rings (SSSR count). The molecule has 1 aromatic rings. The van der Waals surface area contributed by atoms with Gasteiger partial charge in [0.1, 0.15) is 23.2 Å². The highest BCUT2D eigenvalue weighted by Gasteiger charge is 2.44. The summed E-state index contributed by atoms with van der Waals surface area (Å²) in [7, 11) is 1.12. The molecule has 4 nitrogen and oxygen atoms in total. The van der Waals surface area contributed by atoms with Crippen LogP contribution in [0.25, 0.3) is 0 Å². The van der Waals surface area contributed by atoms with E-state index in [-0.39, 0.29) is 6.29 Å². The van der Waals surface area contributed by atoms with Crippen molar-refractivity contribution in [3.8, 4) is 0 Å². The van der Waals surface area contributed by atoms with Gasteiger partial charge in [-0.3, -0.25) is 4.90 Å². The smallest absolute Gasteiger partial charge is 0.416 e. The normalized spacial score (nSPS) is 14.7. The van der Waals surface area contributed by atoms with Gasteiger partial charge in [-0.05, 0) is 51.5 Å². The zero-order valence-corrected chi connectivity index (χ0v) is 14.0. The second-order valence-electron chi connectivity index (χ2n) is 6.49. The topological polar surface area (TPSA) is 46.6 Å². The molecule has 0 saturated carbocycles. The molecule has 24 heavy (non-hydrogen) atoms. The van der Waals surface area contributed by atoms with Crippen molar-refractivity contribution in [2.24, 2.45) is 0 Å². The third-order valence-electron chi connectivity index (χ3n) is 3.43. The van der Waals surface area contributed by atoms with E-state index in [9.17, 15) is 27.2 Å². The summed E-state index contributed by atoms with van der Waals surface area (Å²) in [4.78, 5) is 24.5. The molecule has 0 N–H and O–H groups in total. The van der Waals surface area contributed by atoms with Crippen LogP contribution in [0.3, 0.4) is 0 Å². The van der Waals surface area contributed by atoms with Crippen LogP contribution in [-0.2, 0) is 21.2 Å². The Kier molecular flexibility index (Phi) is 5.32. The van der Waals surface area contributed by atoms with Crippen molar-refractivity contribution in [3.63, 3.8) is 0 Å². The Morgan fingerprint density at radius 1 is 1.12 bits per heavy atom. The van der Waals surface area contributed by atoms with E-state index in [1.165, 1.54) is 0 Å². The summed E-state index contributed by atoms with van der Waals surface area (Å²) in [5, 5.41) is 0. The van der Waals surface area contributed by atoms with Gasteiger partial charge in [0.2, 0.25) is 0 Å². The number of ether oxygens (including phenoxy) is 1. The fourth-order valence-electron chi connectivity index (χ4n) is 2.03. The molecule has 0 aliphatic heterocycles. The number of rotatable bonds is 3. The predicted octanol–water partition coefficient (Wildman–Crippen LogP) is 4.13. The molecular weight excluding hydrogens is 330 g/mol. The van der Waals surface area contributed by atoms with Gasteiger partial charge in [-0.25, -0.2) is 9.18 Å². The average molecular weight is 349 g/mol. The molecule has 0 radical (unpaired) electrons. The van der Waals surface area contributed by atoms with Crippen molar-refractivity contribution < 1.29 is 31.9 Å². The number of amides is 1. The molecule has 1 unspecified atom stereocenters. The van der Waals surface area contributed by atoms with E-state index in [2.05, 4.69) is 0 Å². The number of likely N-dealkylation sites (N-methyl/N-ethyl adjacent to an activating group) is 1. The van der Waals surface area contributed by atoms with E-state index < -0.39 is 40.4 Å². The lowest BCUT2D eigenvalue weighted by Crippen LogP contribution is -2.49. The average Bonchev–Trinajstić information content (AvgIpc) is 2.42. The molecule has 0 heterocycles. The second kappa shape index (κ2) is 6.41. The first-order chi connectivity index (χ1) is 10.7. The molecule has 0 bridgehead atoms. The van der Waals surface area contributed by atoms with E-state index in [4.69, 9.17) is 4.74 Å². The fraction of sp³-hybridized carbons (Fsp3) is 0.500. The molecule has 0 aliphatic rings. The van der Waals surface area contributed by atoms with Gasteiger partial charge in [0.25, 0.3) is 0 Å². The van der Waals surface area contributed by atoms with Crippen LogP contribution in [-0.4, -0.2) is 29.9 Å². The first-order valence-electron chi connectivity index (χ1n) is 7.03. The first kappa shape index (κ1) is 19.9. The fourth-order valence-corrected chi connectivity index (χ4v) is 2.03. The number of nitrogens with zero attached hydrogens (tertiary/aromatic N) is 1. The zero-order valence-electron chi connectivity index (χ0n) is 14.0. The van der Waals surface area contributed by atoms with E-state index in [0.717, 1.165) is 18.9 Å². The Morgan fingerprint density at radius 2 is 1.67 bits per heavy atom. The largest absolute Gasteiger partial charge is 0.444 e. The van der Waals surface area contributed by atoms with Gasteiger partial charge in [0.05, 0.1) is 5.56 Å². The highest BCUT2D eigenvalue weighted by atomic mass is 19.4. The summed E-state index contributed by atoms with van der Waals surface area (Å²) in [6.45, 7) is 5.80. The van der Waals surface area contributed by atoms with Gasteiger partial charge in [-0.15, -0.1) is 0 Å². The Morgan fingerprint density at radius 3 is 2.08 bits per heavy atom. The third-order valence-corrected chi connectivity index (χ3v) is 3.43. The standard InChI is InChI=1S/C16H19F4NO3/c1-14(2,3)24-13(23)21(5)15(4,9-22)12-8-10(17)6-7-11(12)16(18,19)20/h6-9H,1-5H3. The molecule has 1 aromatic carbocycles. The van der Waals surface area contributed by atoms with Gasteiger partial charge in [0, 0.05) is 7.05 Å². The summed E-state index contributed by atoms with van der Waals surface area (Å²) in [6.07, 6.45) is -5.67. The zero-order chi connectivity index (χ0) is 18.9. The van der Waals surface area contributed by atoms with Gasteiger partial charge < -0.3 is 9.53 Å².